The minimum absolute atomic E-state index is 0.0937. The Morgan fingerprint density at radius 2 is 1.67 bits per heavy atom. The molecule has 1 aromatic carbocycles. The molecule has 11 heteroatoms. The second-order valence-corrected chi connectivity index (χ2v) is 9.96. The summed E-state index contributed by atoms with van der Waals surface area (Å²) in [6.07, 6.45) is 1.74. The van der Waals surface area contributed by atoms with Crippen LogP contribution in [0, 0.1) is 6.92 Å². The van der Waals surface area contributed by atoms with E-state index in [9.17, 15) is 8.42 Å². The van der Waals surface area contributed by atoms with Crippen molar-refractivity contribution in [2.24, 2.45) is 0 Å². The smallest absolute Gasteiger partial charge is 0.244 e. The van der Waals surface area contributed by atoms with Gasteiger partial charge in [-0.15, -0.1) is 0 Å². The fourth-order valence-corrected chi connectivity index (χ4v) is 5.79. The largest absolute Gasteiger partial charge is 0.378 e. The van der Waals surface area contributed by atoms with Crippen molar-refractivity contribution in [1.29, 1.82) is 0 Å². The predicted molar refractivity (Wildman–Crippen MR) is 117 cm³/mol. The van der Waals surface area contributed by atoms with Gasteiger partial charge in [0.05, 0.1) is 18.2 Å². The summed E-state index contributed by atoms with van der Waals surface area (Å²) in [4.78, 5) is 13.3. The SMILES string of the molecule is Cc1cc(S(=O)(=O)N2CCN(c3ccnc(N4CCOCC4)n3)CC2)c(Cl)cc1Cl. The fourth-order valence-electron chi connectivity index (χ4n) is 3.56. The topological polar surface area (TPSA) is 78.9 Å². The average Bonchev–Trinajstić information content (AvgIpc) is 2.77. The normalized spacial score (nSPS) is 18.6. The van der Waals surface area contributed by atoms with Crippen LogP contribution < -0.4 is 9.80 Å². The first-order valence-electron chi connectivity index (χ1n) is 9.73. The molecule has 0 unspecified atom stereocenters. The molecule has 0 spiro atoms. The molecule has 162 valence electrons. The molecule has 0 aliphatic carbocycles. The van der Waals surface area contributed by atoms with Crippen molar-refractivity contribution in [1.82, 2.24) is 14.3 Å². The van der Waals surface area contributed by atoms with Gasteiger partial charge in [0.15, 0.2) is 0 Å². The molecule has 0 atom stereocenters. The van der Waals surface area contributed by atoms with Gasteiger partial charge in [-0.25, -0.2) is 13.4 Å². The Labute approximate surface area is 186 Å². The lowest BCUT2D eigenvalue weighted by molar-refractivity contribution is 0.122. The predicted octanol–water partition coefficient (Wildman–Crippen LogP) is 2.44. The summed E-state index contributed by atoms with van der Waals surface area (Å²) < 4.78 is 33.1. The number of benzene rings is 1. The molecule has 0 radical (unpaired) electrons. The number of aromatic nitrogens is 2. The van der Waals surface area contributed by atoms with Gasteiger partial charge in [0, 0.05) is 50.5 Å². The van der Waals surface area contributed by atoms with E-state index in [-0.39, 0.29) is 9.92 Å². The maximum absolute atomic E-state index is 13.1. The number of hydrogen-bond donors (Lipinski definition) is 0. The van der Waals surface area contributed by atoms with Gasteiger partial charge in [0.1, 0.15) is 10.7 Å². The van der Waals surface area contributed by atoms with Gasteiger partial charge in [-0.3, -0.25) is 0 Å². The molecule has 8 nitrogen and oxygen atoms in total. The van der Waals surface area contributed by atoms with Crippen molar-refractivity contribution in [3.8, 4) is 0 Å². The first-order valence-corrected chi connectivity index (χ1v) is 11.9. The van der Waals surface area contributed by atoms with Crippen LogP contribution in [0.2, 0.25) is 10.0 Å². The first kappa shape index (κ1) is 21.6. The lowest BCUT2D eigenvalue weighted by Crippen LogP contribution is -2.49. The molecule has 2 aromatic rings. The summed E-state index contributed by atoms with van der Waals surface area (Å²) in [5.74, 6) is 1.47. The summed E-state index contributed by atoms with van der Waals surface area (Å²) in [6, 6.07) is 4.87. The highest BCUT2D eigenvalue weighted by Gasteiger charge is 2.31. The number of ether oxygens (including phenoxy) is 1. The Hall–Kier alpha value is -1.65. The van der Waals surface area contributed by atoms with Crippen LogP contribution in [0.1, 0.15) is 5.56 Å². The summed E-state index contributed by atoms with van der Waals surface area (Å²) in [7, 11) is -3.70. The lowest BCUT2D eigenvalue weighted by atomic mass is 10.2. The summed E-state index contributed by atoms with van der Waals surface area (Å²) in [6.45, 7) is 6.36. The summed E-state index contributed by atoms with van der Waals surface area (Å²) in [5.41, 5.74) is 0.676. The maximum Gasteiger partial charge on any atom is 0.244 e. The van der Waals surface area contributed by atoms with Crippen LogP contribution in [0.15, 0.2) is 29.3 Å². The number of halogens is 2. The third kappa shape index (κ3) is 4.36. The van der Waals surface area contributed by atoms with Crippen LogP contribution in [0.5, 0.6) is 0 Å². The van der Waals surface area contributed by atoms with Crippen molar-refractivity contribution in [2.45, 2.75) is 11.8 Å². The second-order valence-electron chi connectivity index (χ2n) is 7.24. The zero-order valence-electron chi connectivity index (χ0n) is 16.6. The van der Waals surface area contributed by atoms with E-state index in [1.807, 2.05) is 6.07 Å². The molecule has 2 aliphatic heterocycles. The van der Waals surface area contributed by atoms with Crippen LogP contribution >= 0.6 is 23.2 Å². The Balaban J connectivity index is 1.47. The fraction of sp³-hybridized carbons (Fsp3) is 0.474. The molecule has 2 aliphatic rings. The molecule has 0 saturated carbocycles. The third-order valence-corrected chi connectivity index (χ3v) is 8.09. The highest BCUT2D eigenvalue weighted by Crippen LogP contribution is 2.31. The van der Waals surface area contributed by atoms with E-state index in [2.05, 4.69) is 19.8 Å². The van der Waals surface area contributed by atoms with Crippen LogP contribution in [0.3, 0.4) is 0 Å². The Morgan fingerprint density at radius 1 is 0.967 bits per heavy atom. The van der Waals surface area contributed by atoms with Gasteiger partial charge in [-0.2, -0.15) is 9.29 Å². The highest BCUT2D eigenvalue weighted by atomic mass is 35.5. The van der Waals surface area contributed by atoms with Gasteiger partial charge in [-0.1, -0.05) is 23.2 Å². The van der Waals surface area contributed by atoms with Crippen molar-refractivity contribution in [3.63, 3.8) is 0 Å². The van der Waals surface area contributed by atoms with Gasteiger partial charge in [0.25, 0.3) is 0 Å². The van der Waals surface area contributed by atoms with E-state index < -0.39 is 10.0 Å². The lowest BCUT2D eigenvalue weighted by Gasteiger charge is -2.35. The maximum atomic E-state index is 13.1. The minimum atomic E-state index is -3.70. The van der Waals surface area contributed by atoms with Crippen molar-refractivity contribution in [3.05, 3.63) is 40.0 Å². The molecular formula is C19H23Cl2N5O3S. The van der Waals surface area contributed by atoms with E-state index in [1.165, 1.54) is 16.4 Å². The molecule has 2 saturated heterocycles. The highest BCUT2D eigenvalue weighted by molar-refractivity contribution is 7.89. The molecule has 30 heavy (non-hydrogen) atoms. The van der Waals surface area contributed by atoms with Crippen molar-refractivity contribution >= 4 is 45.0 Å². The molecule has 0 bridgehead atoms. The zero-order chi connectivity index (χ0) is 21.3. The Bertz CT molecular complexity index is 1020. The van der Waals surface area contributed by atoms with Crippen LogP contribution in [-0.2, 0) is 14.8 Å². The summed E-state index contributed by atoms with van der Waals surface area (Å²) in [5, 5.41) is 0.586. The average molecular weight is 472 g/mol. The second kappa shape index (κ2) is 8.84. The molecule has 2 fully saturated rings. The van der Waals surface area contributed by atoms with E-state index in [4.69, 9.17) is 27.9 Å². The molecule has 4 rings (SSSR count). The number of sulfonamides is 1. The van der Waals surface area contributed by atoms with Gasteiger partial charge in [0.2, 0.25) is 16.0 Å². The van der Waals surface area contributed by atoms with Gasteiger partial charge < -0.3 is 14.5 Å². The van der Waals surface area contributed by atoms with Gasteiger partial charge in [-0.05, 0) is 30.7 Å². The number of nitrogens with zero attached hydrogens (tertiary/aromatic N) is 5. The first-order chi connectivity index (χ1) is 14.4. The molecule has 3 heterocycles. The van der Waals surface area contributed by atoms with Crippen LogP contribution in [0.25, 0.3) is 0 Å². The van der Waals surface area contributed by atoms with Crippen molar-refractivity contribution < 1.29 is 13.2 Å². The number of morpholine rings is 1. The monoisotopic (exact) mass is 471 g/mol. The number of rotatable bonds is 4. The standard InChI is InChI=1S/C19H23Cl2N5O3S/c1-14-12-17(16(21)13-15(14)20)30(27,28)26-6-4-24(5-7-26)18-2-3-22-19(23-18)25-8-10-29-11-9-25/h2-3,12-13H,4-11H2,1H3. The number of aryl methyl sites for hydroxylation is 1. The Kier molecular flexibility index (Phi) is 6.36. The number of piperazine rings is 1. The van der Waals surface area contributed by atoms with Crippen LogP contribution in [-0.4, -0.2) is 75.2 Å². The molecule has 0 N–H and O–H groups in total. The zero-order valence-corrected chi connectivity index (χ0v) is 18.9. The summed E-state index contributed by atoms with van der Waals surface area (Å²) >= 11 is 12.2. The van der Waals surface area contributed by atoms with Crippen molar-refractivity contribution in [2.75, 3.05) is 62.3 Å². The van der Waals surface area contributed by atoms with E-state index >= 15 is 0 Å². The quantitative estimate of drug-likeness (QED) is 0.677. The van der Waals surface area contributed by atoms with E-state index in [0.717, 1.165) is 18.9 Å². The number of anilines is 2. The molecular weight excluding hydrogens is 449 g/mol. The molecule has 1 aromatic heterocycles. The van der Waals surface area contributed by atoms with E-state index in [1.54, 1.807) is 13.1 Å². The third-order valence-electron chi connectivity index (χ3n) is 5.32. The Morgan fingerprint density at radius 3 is 2.37 bits per heavy atom. The van der Waals surface area contributed by atoms with E-state index in [0.29, 0.717) is 55.9 Å². The van der Waals surface area contributed by atoms with Gasteiger partial charge >= 0.3 is 0 Å². The van der Waals surface area contributed by atoms with Crippen LogP contribution in [0.4, 0.5) is 11.8 Å². The molecule has 0 amide bonds. The number of hydrogen-bond acceptors (Lipinski definition) is 7. The minimum Gasteiger partial charge on any atom is -0.378 e.